The summed E-state index contributed by atoms with van der Waals surface area (Å²) in [5.41, 5.74) is -1.20. The van der Waals surface area contributed by atoms with E-state index < -0.39 is 101 Å². The SMILES string of the molecule is CCC(C)C1OC(=O)C(C)C(O)C(Cc2c(F)c(F)c(F)c(F)c2F)NC(=O)C(NCc2ncccc2O)C(C)NC1=O. The number of aromatic hydroxyl groups is 1. The van der Waals surface area contributed by atoms with Crippen molar-refractivity contribution in [2.24, 2.45) is 11.8 Å². The van der Waals surface area contributed by atoms with Gasteiger partial charge in [0, 0.05) is 30.6 Å². The third-order valence-corrected chi connectivity index (χ3v) is 7.52. The highest BCUT2D eigenvalue weighted by atomic mass is 19.2. The Kier molecular flexibility index (Phi) is 11.0. The van der Waals surface area contributed by atoms with E-state index in [0.29, 0.717) is 6.42 Å². The molecular weight excluding hydrogens is 583 g/mol. The van der Waals surface area contributed by atoms with Crippen LogP contribution in [0.4, 0.5) is 22.0 Å². The Morgan fingerprint density at radius 2 is 1.60 bits per heavy atom. The van der Waals surface area contributed by atoms with Gasteiger partial charge in [-0.1, -0.05) is 13.8 Å². The Morgan fingerprint density at radius 1 is 1.00 bits per heavy atom. The quantitative estimate of drug-likeness (QED) is 0.138. The minimum absolute atomic E-state index is 0.123. The Balaban J connectivity index is 2.07. The fourth-order valence-corrected chi connectivity index (χ4v) is 4.60. The van der Waals surface area contributed by atoms with Gasteiger partial charge in [-0.25, -0.2) is 22.0 Å². The molecule has 7 atom stereocenters. The minimum atomic E-state index is -2.39. The molecule has 1 aromatic carbocycles. The number of aliphatic hydroxyl groups is 1. The summed E-state index contributed by atoms with van der Waals surface area (Å²) in [6.45, 7) is 5.74. The van der Waals surface area contributed by atoms with Gasteiger partial charge in [0.05, 0.1) is 29.8 Å². The van der Waals surface area contributed by atoms with Crippen molar-refractivity contribution >= 4 is 17.8 Å². The number of pyridine rings is 1. The number of amides is 2. The summed E-state index contributed by atoms with van der Waals surface area (Å²) >= 11 is 0. The molecule has 43 heavy (non-hydrogen) atoms. The molecule has 10 nitrogen and oxygen atoms in total. The number of cyclic esters (lactones) is 1. The van der Waals surface area contributed by atoms with Crippen LogP contribution in [0.15, 0.2) is 18.3 Å². The number of esters is 1. The predicted molar refractivity (Wildman–Crippen MR) is 141 cm³/mol. The van der Waals surface area contributed by atoms with Gasteiger partial charge in [0.2, 0.25) is 11.7 Å². The Bertz CT molecular complexity index is 1340. The van der Waals surface area contributed by atoms with Crippen molar-refractivity contribution in [1.29, 1.82) is 0 Å². The van der Waals surface area contributed by atoms with Crippen LogP contribution in [0.1, 0.15) is 45.4 Å². The summed E-state index contributed by atoms with van der Waals surface area (Å²) in [6, 6.07) is -1.39. The molecule has 0 bridgehead atoms. The molecule has 3 rings (SSSR count). The van der Waals surface area contributed by atoms with Crippen molar-refractivity contribution in [3.8, 4) is 5.75 Å². The zero-order valence-electron chi connectivity index (χ0n) is 23.8. The first-order valence-electron chi connectivity index (χ1n) is 13.5. The van der Waals surface area contributed by atoms with Crippen LogP contribution in [0.5, 0.6) is 5.75 Å². The van der Waals surface area contributed by atoms with E-state index in [0.717, 1.165) is 6.92 Å². The molecule has 5 N–H and O–H groups in total. The lowest BCUT2D eigenvalue weighted by atomic mass is 9.91. The number of hydrogen-bond acceptors (Lipinski definition) is 8. The van der Waals surface area contributed by atoms with Crippen molar-refractivity contribution in [3.63, 3.8) is 0 Å². The molecule has 1 aromatic heterocycles. The first-order chi connectivity index (χ1) is 20.2. The molecule has 7 unspecified atom stereocenters. The van der Waals surface area contributed by atoms with E-state index in [1.54, 1.807) is 13.8 Å². The topological polar surface area (TPSA) is 150 Å². The number of hydrogen-bond donors (Lipinski definition) is 5. The second-order valence-corrected chi connectivity index (χ2v) is 10.5. The van der Waals surface area contributed by atoms with Gasteiger partial charge in [-0.05, 0) is 32.4 Å². The van der Waals surface area contributed by atoms with E-state index >= 15 is 0 Å². The third-order valence-electron chi connectivity index (χ3n) is 7.52. The van der Waals surface area contributed by atoms with Crippen LogP contribution < -0.4 is 16.0 Å². The van der Waals surface area contributed by atoms with Gasteiger partial charge in [-0.2, -0.15) is 0 Å². The molecule has 1 aliphatic heterocycles. The molecule has 0 spiro atoms. The summed E-state index contributed by atoms with van der Waals surface area (Å²) < 4.78 is 76.2. The predicted octanol–water partition coefficient (Wildman–Crippen LogP) is 2.14. The lowest BCUT2D eigenvalue weighted by Crippen LogP contribution is -2.61. The molecule has 1 aliphatic rings. The van der Waals surface area contributed by atoms with Gasteiger partial charge in [0.1, 0.15) is 11.8 Å². The van der Waals surface area contributed by atoms with Gasteiger partial charge in [-0.3, -0.25) is 24.7 Å². The van der Waals surface area contributed by atoms with E-state index in [4.69, 9.17) is 4.74 Å². The number of nitrogens with zero attached hydrogens (tertiary/aromatic N) is 1. The zero-order chi connectivity index (χ0) is 32.2. The monoisotopic (exact) mass is 616 g/mol. The largest absolute Gasteiger partial charge is 0.506 e. The highest BCUT2D eigenvalue weighted by Crippen LogP contribution is 2.26. The standard InChI is InChI=1S/C28H33F5N4O6/c1-5-11(2)25-27(41)36-13(4)23(35-10-16-17(38)7-6-8-34-16)26(40)37-15(24(39)12(3)28(42)43-25)9-14-18(29)20(31)22(33)21(32)19(14)30/h6-8,11-13,15,23-25,35,38-39H,5,9-10H2,1-4H3,(H,36,41)(H,37,40). The number of aliphatic hydroxyl groups excluding tert-OH is 1. The normalized spacial score (nSPS) is 26.0. The number of nitrogens with one attached hydrogen (secondary N) is 3. The van der Waals surface area contributed by atoms with Gasteiger partial charge in [0.15, 0.2) is 29.4 Å². The van der Waals surface area contributed by atoms with Crippen molar-refractivity contribution in [1.82, 2.24) is 20.9 Å². The van der Waals surface area contributed by atoms with Crippen molar-refractivity contribution in [3.05, 3.63) is 58.7 Å². The molecule has 2 heterocycles. The molecule has 1 saturated heterocycles. The summed E-state index contributed by atoms with van der Waals surface area (Å²) in [5.74, 6) is -16.2. The maximum Gasteiger partial charge on any atom is 0.312 e. The van der Waals surface area contributed by atoms with Crippen LogP contribution >= 0.6 is 0 Å². The second-order valence-electron chi connectivity index (χ2n) is 10.5. The van der Waals surface area contributed by atoms with E-state index in [9.17, 15) is 46.5 Å². The number of carbonyl (C=O) groups excluding carboxylic acids is 3. The van der Waals surface area contributed by atoms with Crippen molar-refractivity contribution in [2.75, 3.05) is 0 Å². The average molecular weight is 617 g/mol. The Morgan fingerprint density at radius 3 is 2.19 bits per heavy atom. The van der Waals surface area contributed by atoms with E-state index in [-0.39, 0.29) is 18.0 Å². The van der Waals surface area contributed by atoms with Crippen LogP contribution in [-0.2, 0) is 32.1 Å². The third kappa shape index (κ3) is 7.39. The molecule has 0 radical (unpaired) electrons. The van der Waals surface area contributed by atoms with Crippen LogP contribution in [0, 0.1) is 40.9 Å². The van der Waals surface area contributed by atoms with Crippen molar-refractivity contribution < 1.29 is 51.3 Å². The average Bonchev–Trinajstić information content (AvgIpc) is 2.98. The number of ether oxygens (including phenoxy) is 1. The van der Waals surface area contributed by atoms with Crippen LogP contribution in [0.2, 0.25) is 0 Å². The summed E-state index contributed by atoms with van der Waals surface area (Å²) in [7, 11) is 0. The molecule has 0 aliphatic carbocycles. The highest BCUT2D eigenvalue weighted by Gasteiger charge is 2.40. The molecule has 2 aromatic rings. The van der Waals surface area contributed by atoms with Gasteiger partial charge < -0.3 is 25.6 Å². The zero-order valence-corrected chi connectivity index (χ0v) is 23.8. The number of carbonyl (C=O) groups is 3. The van der Waals surface area contributed by atoms with Crippen LogP contribution in [-0.4, -0.2) is 63.3 Å². The Labute approximate surface area is 244 Å². The summed E-state index contributed by atoms with van der Waals surface area (Å²) in [5, 5.41) is 28.9. The lowest BCUT2D eigenvalue weighted by molar-refractivity contribution is -0.167. The highest BCUT2D eigenvalue weighted by molar-refractivity contribution is 5.88. The molecule has 2 amide bonds. The molecule has 1 fully saturated rings. The number of halogens is 5. The van der Waals surface area contributed by atoms with Gasteiger partial charge in [-0.15, -0.1) is 0 Å². The molecule has 15 heteroatoms. The maximum atomic E-state index is 14.6. The number of aromatic nitrogens is 1. The van der Waals surface area contributed by atoms with E-state index in [1.165, 1.54) is 25.3 Å². The summed E-state index contributed by atoms with van der Waals surface area (Å²) in [6.07, 6.45) is -2.67. The fraction of sp³-hybridized carbons (Fsp3) is 0.500. The lowest BCUT2D eigenvalue weighted by Gasteiger charge is -2.34. The smallest absolute Gasteiger partial charge is 0.312 e. The molecule has 0 saturated carbocycles. The summed E-state index contributed by atoms with van der Waals surface area (Å²) in [4.78, 5) is 43.8. The first-order valence-corrected chi connectivity index (χ1v) is 13.5. The van der Waals surface area contributed by atoms with Crippen LogP contribution in [0.25, 0.3) is 0 Å². The fourth-order valence-electron chi connectivity index (χ4n) is 4.60. The second kappa shape index (κ2) is 14.1. The van der Waals surface area contributed by atoms with E-state index in [1.807, 2.05) is 0 Å². The maximum absolute atomic E-state index is 14.6. The number of rotatable bonds is 7. The van der Waals surface area contributed by atoms with Crippen molar-refractivity contribution in [2.45, 2.75) is 77.4 Å². The molecule has 236 valence electrons. The van der Waals surface area contributed by atoms with Crippen LogP contribution in [0.3, 0.4) is 0 Å². The number of benzene rings is 1. The Hall–Kier alpha value is -3.85. The van der Waals surface area contributed by atoms with E-state index in [2.05, 4.69) is 20.9 Å². The minimum Gasteiger partial charge on any atom is -0.506 e. The molecular formula is C28H33F5N4O6. The van der Waals surface area contributed by atoms with Gasteiger partial charge >= 0.3 is 5.97 Å². The first kappa shape index (κ1) is 33.6. The van der Waals surface area contributed by atoms with Gasteiger partial charge in [0.25, 0.3) is 5.91 Å².